The third-order valence-electron chi connectivity index (χ3n) is 4.76. The fourth-order valence-electron chi connectivity index (χ4n) is 2.99. The summed E-state index contributed by atoms with van der Waals surface area (Å²) in [5.74, 6) is 0.669. The lowest BCUT2D eigenvalue weighted by Crippen LogP contribution is -2.43. The van der Waals surface area contributed by atoms with Gasteiger partial charge in [-0.3, -0.25) is 9.69 Å². The van der Waals surface area contributed by atoms with Crippen molar-refractivity contribution in [1.29, 1.82) is 5.26 Å². The van der Waals surface area contributed by atoms with Gasteiger partial charge in [-0.25, -0.2) is 0 Å². The van der Waals surface area contributed by atoms with Crippen molar-refractivity contribution in [2.45, 2.75) is 32.5 Å². The molecule has 3 rings (SSSR count). The molecule has 0 saturated carbocycles. The molecule has 138 valence electrons. The van der Waals surface area contributed by atoms with Crippen LogP contribution in [0.5, 0.6) is 0 Å². The first-order chi connectivity index (χ1) is 13.0. The van der Waals surface area contributed by atoms with Crippen LogP contribution in [0, 0.1) is 11.3 Å². The lowest BCUT2D eigenvalue weighted by molar-refractivity contribution is -0.126. The number of carbonyl (C=O) groups excluding carboxylic acids is 1. The lowest BCUT2D eigenvalue weighted by Gasteiger charge is -2.25. The minimum Gasteiger partial charge on any atom is -0.459 e. The van der Waals surface area contributed by atoms with Gasteiger partial charge in [-0.1, -0.05) is 30.3 Å². The first-order valence-corrected chi connectivity index (χ1v) is 8.96. The molecule has 5 nitrogen and oxygen atoms in total. The molecule has 2 atom stereocenters. The molecule has 0 radical (unpaired) electrons. The molecule has 0 bridgehead atoms. The largest absolute Gasteiger partial charge is 0.459 e. The number of para-hydroxylation sites is 1. The number of amides is 1. The van der Waals surface area contributed by atoms with Gasteiger partial charge in [0.25, 0.3) is 0 Å². The van der Waals surface area contributed by atoms with Crippen LogP contribution >= 0.6 is 0 Å². The van der Waals surface area contributed by atoms with Crippen molar-refractivity contribution >= 4 is 16.9 Å². The van der Waals surface area contributed by atoms with Crippen LogP contribution in [0.4, 0.5) is 0 Å². The summed E-state index contributed by atoms with van der Waals surface area (Å²) >= 11 is 0. The van der Waals surface area contributed by atoms with E-state index in [1.165, 1.54) is 0 Å². The Balaban J connectivity index is 1.62. The second kappa shape index (κ2) is 8.07. The molecule has 1 heterocycles. The van der Waals surface area contributed by atoms with Gasteiger partial charge in [0.05, 0.1) is 23.7 Å². The number of benzene rings is 2. The number of likely N-dealkylation sites (N-methyl/N-ethyl adjacent to an activating group) is 1. The number of nitriles is 1. The molecular weight excluding hydrogens is 338 g/mol. The van der Waals surface area contributed by atoms with Crippen LogP contribution in [0.25, 0.3) is 11.0 Å². The summed E-state index contributed by atoms with van der Waals surface area (Å²) in [6, 6.07) is 18.8. The van der Waals surface area contributed by atoms with Gasteiger partial charge in [0.15, 0.2) is 0 Å². The number of nitrogens with zero attached hydrogens (tertiary/aromatic N) is 2. The van der Waals surface area contributed by atoms with E-state index in [1.807, 2.05) is 74.3 Å². The van der Waals surface area contributed by atoms with Gasteiger partial charge < -0.3 is 9.73 Å². The average Bonchev–Trinajstić information content (AvgIpc) is 3.11. The number of nitrogens with one attached hydrogen (secondary N) is 1. The zero-order valence-electron chi connectivity index (χ0n) is 15.8. The van der Waals surface area contributed by atoms with Crippen molar-refractivity contribution in [3.05, 3.63) is 71.5 Å². The van der Waals surface area contributed by atoms with Crippen LogP contribution in [0.2, 0.25) is 0 Å². The van der Waals surface area contributed by atoms with Gasteiger partial charge >= 0.3 is 0 Å². The maximum absolute atomic E-state index is 12.6. The van der Waals surface area contributed by atoms with Crippen LogP contribution < -0.4 is 5.32 Å². The predicted octanol–water partition coefficient (Wildman–Crippen LogP) is 4.00. The van der Waals surface area contributed by atoms with E-state index in [1.54, 1.807) is 6.07 Å². The molecule has 1 N–H and O–H groups in total. The summed E-state index contributed by atoms with van der Waals surface area (Å²) in [6.07, 6.45) is 0. The van der Waals surface area contributed by atoms with Gasteiger partial charge in [0, 0.05) is 11.9 Å². The summed E-state index contributed by atoms with van der Waals surface area (Å²) in [6.45, 7) is 4.37. The highest BCUT2D eigenvalue weighted by Gasteiger charge is 2.21. The van der Waals surface area contributed by atoms with E-state index in [4.69, 9.17) is 9.68 Å². The maximum Gasteiger partial charge on any atom is 0.237 e. The quantitative estimate of drug-likeness (QED) is 0.720. The smallest absolute Gasteiger partial charge is 0.237 e. The summed E-state index contributed by atoms with van der Waals surface area (Å²) in [5.41, 5.74) is 2.44. The number of carbonyl (C=O) groups is 1. The number of fused-ring (bicyclic) bond motifs is 1. The van der Waals surface area contributed by atoms with Gasteiger partial charge in [0.1, 0.15) is 11.3 Å². The van der Waals surface area contributed by atoms with Crippen molar-refractivity contribution in [1.82, 2.24) is 10.2 Å². The van der Waals surface area contributed by atoms with Crippen molar-refractivity contribution in [2.24, 2.45) is 0 Å². The van der Waals surface area contributed by atoms with E-state index in [0.717, 1.165) is 22.3 Å². The van der Waals surface area contributed by atoms with E-state index >= 15 is 0 Å². The van der Waals surface area contributed by atoms with Crippen molar-refractivity contribution in [3.8, 4) is 6.07 Å². The van der Waals surface area contributed by atoms with Crippen LogP contribution in [0.1, 0.15) is 36.8 Å². The molecule has 0 saturated heterocycles. The molecule has 0 aliphatic heterocycles. The van der Waals surface area contributed by atoms with E-state index in [9.17, 15) is 4.79 Å². The Kier molecular flexibility index (Phi) is 5.58. The molecular formula is C22H23N3O2. The lowest BCUT2D eigenvalue weighted by atomic mass is 10.1. The predicted molar refractivity (Wildman–Crippen MR) is 105 cm³/mol. The Morgan fingerprint density at radius 3 is 2.70 bits per heavy atom. The number of furan rings is 1. The van der Waals surface area contributed by atoms with Crippen LogP contribution in [-0.4, -0.2) is 23.9 Å². The van der Waals surface area contributed by atoms with Gasteiger partial charge in [-0.05, 0) is 50.7 Å². The van der Waals surface area contributed by atoms with Crippen molar-refractivity contribution in [2.75, 3.05) is 7.05 Å². The maximum atomic E-state index is 12.6. The molecule has 0 spiro atoms. The van der Waals surface area contributed by atoms with Crippen LogP contribution in [-0.2, 0) is 11.3 Å². The minimum atomic E-state index is -0.317. The minimum absolute atomic E-state index is 0.0677. The SMILES string of the molecule is CC(NC(=O)C(C)N(C)Cc1cccc(C#N)c1)c1cc2ccccc2o1. The number of rotatable bonds is 6. The monoisotopic (exact) mass is 361 g/mol. The molecule has 0 aliphatic carbocycles. The van der Waals surface area contributed by atoms with Crippen LogP contribution in [0.15, 0.2) is 59.0 Å². The van der Waals surface area contributed by atoms with Gasteiger partial charge in [-0.2, -0.15) is 5.26 Å². The topological polar surface area (TPSA) is 69.3 Å². The third-order valence-corrected chi connectivity index (χ3v) is 4.76. The van der Waals surface area contributed by atoms with E-state index in [-0.39, 0.29) is 18.0 Å². The van der Waals surface area contributed by atoms with E-state index in [0.29, 0.717) is 12.1 Å². The normalized spacial score (nSPS) is 13.3. The molecule has 1 aromatic heterocycles. The van der Waals surface area contributed by atoms with Crippen molar-refractivity contribution < 1.29 is 9.21 Å². The molecule has 0 aliphatic rings. The highest BCUT2D eigenvalue weighted by atomic mass is 16.3. The summed E-state index contributed by atoms with van der Waals surface area (Å²) in [7, 11) is 1.90. The Morgan fingerprint density at radius 1 is 1.19 bits per heavy atom. The molecule has 3 aromatic rings. The number of hydrogen-bond donors (Lipinski definition) is 1. The van der Waals surface area contributed by atoms with E-state index in [2.05, 4.69) is 11.4 Å². The summed E-state index contributed by atoms with van der Waals surface area (Å²) in [4.78, 5) is 14.6. The Hall–Kier alpha value is -3.10. The van der Waals surface area contributed by atoms with Crippen molar-refractivity contribution in [3.63, 3.8) is 0 Å². The zero-order chi connectivity index (χ0) is 19.4. The second-order valence-corrected chi connectivity index (χ2v) is 6.82. The highest BCUT2D eigenvalue weighted by Crippen LogP contribution is 2.23. The summed E-state index contributed by atoms with van der Waals surface area (Å²) < 4.78 is 5.83. The van der Waals surface area contributed by atoms with E-state index < -0.39 is 0 Å². The highest BCUT2D eigenvalue weighted by molar-refractivity contribution is 5.82. The Morgan fingerprint density at radius 2 is 1.96 bits per heavy atom. The Bertz CT molecular complexity index is 953. The van der Waals surface area contributed by atoms with Gasteiger partial charge in [0.2, 0.25) is 5.91 Å². The first kappa shape index (κ1) is 18.7. The average molecular weight is 361 g/mol. The molecule has 2 unspecified atom stereocenters. The second-order valence-electron chi connectivity index (χ2n) is 6.82. The fraction of sp³-hybridized carbons (Fsp3) is 0.273. The van der Waals surface area contributed by atoms with Gasteiger partial charge in [-0.15, -0.1) is 0 Å². The molecule has 1 amide bonds. The zero-order valence-corrected chi connectivity index (χ0v) is 15.8. The first-order valence-electron chi connectivity index (χ1n) is 8.96. The molecule has 0 fully saturated rings. The summed E-state index contributed by atoms with van der Waals surface area (Å²) in [5, 5.41) is 13.1. The number of hydrogen-bond acceptors (Lipinski definition) is 4. The molecule has 2 aromatic carbocycles. The third kappa shape index (κ3) is 4.36. The standard InChI is InChI=1S/C22H23N3O2/c1-15(21-12-19-9-4-5-10-20(19)27-21)24-22(26)16(2)25(3)14-18-8-6-7-17(11-18)13-23/h4-12,15-16H,14H2,1-3H3,(H,24,26). The van der Waals surface area contributed by atoms with Crippen LogP contribution in [0.3, 0.4) is 0 Å². The fourth-order valence-corrected chi connectivity index (χ4v) is 2.99. The molecule has 27 heavy (non-hydrogen) atoms. The Labute approximate surface area is 159 Å². The molecule has 5 heteroatoms.